The fourth-order valence-corrected chi connectivity index (χ4v) is 4.14. The molecule has 1 unspecified atom stereocenters. The van der Waals surface area contributed by atoms with Crippen molar-refractivity contribution in [1.82, 2.24) is 5.32 Å². The van der Waals surface area contributed by atoms with E-state index in [4.69, 9.17) is 5.73 Å². The summed E-state index contributed by atoms with van der Waals surface area (Å²) in [7, 11) is -3.45. The quantitative estimate of drug-likeness (QED) is 0.699. The number of benzene rings is 2. The number of amides is 1. The molecule has 1 atom stereocenters. The van der Waals surface area contributed by atoms with E-state index in [9.17, 15) is 13.2 Å². The number of carbonyl (C=O) groups excluding carboxylic acids is 1. The first kappa shape index (κ1) is 23.1. The van der Waals surface area contributed by atoms with Gasteiger partial charge in [-0.05, 0) is 42.2 Å². The molecule has 2 aromatic rings. The first-order valence-corrected chi connectivity index (χ1v) is 10.3. The van der Waals surface area contributed by atoms with Gasteiger partial charge in [-0.3, -0.25) is 4.79 Å². The van der Waals surface area contributed by atoms with Gasteiger partial charge < -0.3 is 11.1 Å². The number of hydrogen-bond acceptors (Lipinski definition) is 4. The minimum Gasteiger partial charge on any atom is -0.348 e. The van der Waals surface area contributed by atoms with Gasteiger partial charge in [0.2, 0.25) is 0 Å². The van der Waals surface area contributed by atoms with Crippen LogP contribution in [0.3, 0.4) is 0 Å². The van der Waals surface area contributed by atoms with Crippen LogP contribution in [0.1, 0.15) is 36.2 Å². The monoisotopic (exact) mass is 410 g/mol. The second-order valence-electron chi connectivity index (χ2n) is 6.81. The van der Waals surface area contributed by atoms with E-state index in [-0.39, 0.29) is 35.0 Å². The van der Waals surface area contributed by atoms with Gasteiger partial charge in [0.05, 0.1) is 10.6 Å². The zero-order valence-corrected chi connectivity index (χ0v) is 17.2. The first-order valence-electron chi connectivity index (χ1n) is 8.69. The van der Waals surface area contributed by atoms with Crippen LogP contribution in [-0.2, 0) is 15.6 Å². The maximum atomic E-state index is 12.5. The Morgan fingerprint density at radius 2 is 1.74 bits per heavy atom. The van der Waals surface area contributed by atoms with E-state index < -0.39 is 9.84 Å². The average molecular weight is 411 g/mol. The van der Waals surface area contributed by atoms with Crippen LogP contribution >= 0.6 is 12.4 Å². The summed E-state index contributed by atoms with van der Waals surface area (Å²) in [6, 6.07) is 14.9. The highest BCUT2D eigenvalue weighted by Crippen LogP contribution is 2.17. The molecule has 0 heterocycles. The van der Waals surface area contributed by atoms with Crippen molar-refractivity contribution < 1.29 is 13.2 Å². The van der Waals surface area contributed by atoms with E-state index in [0.717, 1.165) is 6.42 Å². The van der Waals surface area contributed by atoms with Gasteiger partial charge in [-0.2, -0.15) is 0 Å². The molecule has 1 amide bonds. The molecule has 0 radical (unpaired) electrons. The van der Waals surface area contributed by atoms with E-state index in [1.807, 2.05) is 0 Å². The largest absolute Gasteiger partial charge is 0.348 e. The molecule has 2 aromatic carbocycles. The smallest absolute Gasteiger partial charge is 0.251 e. The first-order chi connectivity index (χ1) is 12.3. The zero-order valence-electron chi connectivity index (χ0n) is 15.6. The number of hydrogen-bond donors (Lipinski definition) is 2. The molecule has 7 heteroatoms. The summed E-state index contributed by atoms with van der Waals surface area (Å²) in [6.07, 6.45) is 0.796. The third-order valence-electron chi connectivity index (χ3n) is 4.02. The van der Waals surface area contributed by atoms with Crippen LogP contribution in [0.4, 0.5) is 0 Å². The summed E-state index contributed by atoms with van der Waals surface area (Å²) in [5, 5.41) is 2.92. The van der Waals surface area contributed by atoms with Crippen LogP contribution in [0.5, 0.6) is 0 Å². The fraction of sp³-hybridized carbons (Fsp3) is 0.350. The topological polar surface area (TPSA) is 89.3 Å². The minimum absolute atomic E-state index is 0. The van der Waals surface area contributed by atoms with Gasteiger partial charge in [0.1, 0.15) is 0 Å². The molecular formula is C20H27ClN2O3S. The van der Waals surface area contributed by atoms with Crippen LogP contribution in [0.15, 0.2) is 59.5 Å². The predicted octanol–water partition coefficient (Wildman–Crippen LogP) is 3.19. The maximum Gasteiger partial charge on any atom is 0.251 e. The van der Waals surface area contributed by atoms with Gasteiger partial charge in [0.25, 0.3) is 5.91 Å². The van der Waals surface area contributed by atoms with Crippen molar-refractivity contribution in [2.24, 2.45) is 11.7 Å². The SMILES string of the molecule is CC(C)CC(CN)NC(=O)c1cccc(CS(=O)(=O)c2ccccc2)c1.Cl. The molecule has 0 saturated heterocycles. The highest BCUT2D eigenvalue weighted by atomic mass is 35.5. The lowest BCUT2D eigenvalue weighted by molar-refractivity contribution is 0.0933. The van der Waals surface area contributed by atoms with Gasteiger partial charge in [0.15, 0.2) is 9.84 Å². The molecule has 0 aromatic heterocycles. The van der Waals surface area contributed by atoms with Crippen molar-refractivity contribution in [3.05, 3.63) is 65.7 Å². The van der Waals surface area contributed by atoms with Crippen molar-refractivity contribution in [1.29, 1.82) is 0 Å². The lowest BCUT2D eigenvalue weighted by atomic mass is 10.0. The summed E-state index contributed by atoms with van der Waals surface area (Å²) >= 11 is 0. The molecule has 0 aliphatic heterocycles. The van der Waals surface area contributed by atoms with E-state index in [1.54, 1.807) is 54.6 Å². The van der Waals surface area contributed by atoms with Crippen molar-refractivity contribution in [3.8, 4) is 0 Å². The molecule has 2 rings (SSSR count). The van der Waals surface area contributed by atoms with Crippen LogP contribution in [0, 0.1) is 5.92 Å². The lowest BCUT2D eigenvalue weighted by Crippen LogP contribution is -2.41. The second-order valence-corrected chi connectivity index (χ2v) is 8.80. The third kappa shape index (κ3) is 6.97. The molecule has 0 aliphatic rings. The number of nitrogens with two attached hydrogens (primary N) is 1. The molecule has 0 bridgehead atoms. The summed E-state index contributed by atoms with van der Waals surface area (Å²) in [5.41, 5.74) is 6.75. The maximum absolute atomic E-state index is 12.5. The highest BCUT2D eigenvalue weighted by Gasteiger charge is 2.17. The van der Waals surface area contributed by atoms with Gasteiger partial charge in [-0.1, -0.05) is 44.2 Å². The molecule has 3 N–H and O–H groups in total. The Morgan fingerprint density at radius 1 is 1.07 bits per heavy atom. The van der Waals surface area contributed by atoms with Crippen LogP contribution in [-0.4, -0.2) is 26.9 Å². The number of sulfone groups is 1. The molecule has 0 aliphatic carbocycles. The van der Waals surface area contributed by atoms with Gasteiger partial charge in [-0.15, -0.1) is 12.4 Å². The molecule has 0 spiro atoms. The summed E-state index contributed by atoms with van der Waals surface area (Å²) in [4.78, 5) is 12.7. The summed E-state index contributed by atoms with van der Waals surface area (Å²) in [6.45, 7) is 4.51. The summed E-state index contributed by atoms with van der Waals surface area (Å²) < 4.78 is 25.0. The standard InChI is InChI=1S/C20H26N2O3S.ClH/c1-15(2)11-18(13-21)22-20(23)17-8-6-7-16(12-17)14-26(24,25)19-9-4-3-5-10-19;/h3-10,12,15,18H,11,13-14,21H2,1-2H3,(H,22,23);1H. The number of nitrogens with one attached hydrogen (secondary N) is 1. The van der Waals surface area contributed by atoms with E-state index in [2.05, 4.69) is 19.2 Å². The minimum atomic E-state index is -3.45. The normalized spacial score (nSPS) is 12.3. The molecule has 5 nitrogen and oxygen atoms in total. The Labute approximate surface area is 167 Å². The predicted molar refractivity (Wildman–Crippen MR) is 111 cm³/mol. The van der Waals surface area contributed by atoms with E-state index in [0.29, 0.717) is 23.6 Å². The Bertz CT molecular complexity index is 839. The van der Waals surface area contributed by atoms with Crippen LogP contribution in [0.2, 0.25) is 0 Å². The highest BCUT2D eigenvalue weighted by molar-refractivity contribution is 7.90. The van der Waals surface area contributed by atoms with Gasteiger partial charge >= 0.3 is 0 Å². The molecule has 148 valence electrons. The van der Waals surface area contributed by atoms with E-state index in [1.165, 1.54) is 0 Å². The number of carbonyl (C=O) groups is 1. The Balaban J connectivity index is 0.00000364. The van der Waals surface area contributed by atoms with Crippen LogP contribution < -0.4 is 11.1 Å². The second kappa shape index (κ2) is 10.4. The molecule has 27 heavy (non-hydrogen) atoms. The number of rotatable bonds is 8. The average Bonchev–Trinajstić information content (AvgIpc) is 2.61. The molecule has 0 fully saturated rings. The lowest BCUT2D eigenvalue weighted by Gasteiger charge is -2.19. The van der Waals surface area contributed by atoms with Gasteiger partial charge in [0, 0.05) is 18.2 Å². The Morgan fingerprint density at radius 3 is 2.33 bits per heavy atom. The zero-order chi connectivity index (χ0) is 19.2. The summed E-state index contributed by atoms with van der Waals surface area (Å²) in [5.74, 6) is 0.0380. The van der Waals surface area contributed by atoms with Crippen molar-refractivity contribution in [2.45, 2.75) is 37.0 Å². The third-order valence-corrected chi connectivity index (χ3v) is 5.73. The van der Waals surface area contributed by atoms with Crippen LogP contribution in [0.25, 0.3) is 0 Å². The molecular weight excluding hydrogens is 384 g/mol. The van der Waals surface area contributed by atoms with Crippen molar-refractivity contribution in [2.75, 3.05) is 6.54 Å². The fourth-order valence-electron chi connectivity index (χ4n) is 2.78. The Hall–Kier alpha value is -1.89. The molecule has 0 saturated carbocycles. The van der Waals surface area contributed by atoms with E-state index >= 15 is 0 Å². The van der Waals surface area contributed by atoms with Crippen molar-refractivity contribution >= 4 is 28.2 Å². The van der Waals surface area contributed by atoms with Crippen molar-refractivity contribution in [3.63, 3.8) is 0 Å². The Kier molecular flexibility index (Phi) is 8.96. The number of halogens is 1. The van der Waals surface area contributed by atoms with Gasteiger partial charge in [-0.25, -0.2) is 8.42 Å².